The highest BCUT2D eigenvalue weighted by molar-refractivity contribution is 6.42. The Balaban J connectivity index is 1.95. The molecule has 4 heteroatoms. The molecule has 0 radical (unpaired) electrons. The summed E-state index contributed by atoms with van der Waals surface area (Å²) < 4.78 is 1.68. The van der Waals surface area contributed by atoms with Crippen LogP contribution in [0.15, 0.2) is 18.3 Å². The monoisotopic (exact) mass is 248 g/mol. The molecule has 1 aromatic heterocycles. The number of Topliss-reactive ketones (excluding diaryl/α,β-unsaturated/α-hetero) is 1. The molecule has 4 nitrogen and oxygen atoms in total. The van der Waals surface area contributed by atoms with Gasteiger partial charge in [-0.1, -0.05) is 25.7 Å². The third-order valence-corrected chi connectivity index (χ3v) is 3.57. The van der Waals surface area contributed by atoms with Crippen LogP contribution in [-0.2, 0) is 11.8 Å². The van der Waals surface area contributed by atoms with Gasteiger partial charge in [0.25, 0.3) is 11.7 Å². The standard InChI is InChI=1S/C14H20N2O2/c1-16-10-6-9-12(16)13(17)14(18)15-11-7-4-2-3-5-8-11/h6,9-11H,2-5,7-8H2,1H3,(H,15,18). The van der Waals surface area contributed by atoms with E-state index in [4.69, 9.17) is 0 Å². The first-order chi connectivity index (χ1) is 8.68. The SMILES string of the molecule is Cn1cccc1C(=O)C(=O)NC1CCCCCC1. The van der Waals surface area contributed by atoms with E-state index in [-0.39, 0.29) is 6.04 Å². The molecule has 1 saturated carbocycles. The summed E-state index contributed by atoms with van der Waals surface area (Å²) in [6.45, 7) is 0. The topological polar surface area (TPSA) is 51.1 Å². The van der Waals surface area contributed by atoms with Crippen molar-refractivity contribution in [3.63, 3.8) is 0 Å². The molecule has 1 aromatic rings. The molecule has 0 aromatic carbocycles. The van der Waals surface area contributed by atoms with Gasteiger partial charge < -0.3 is 9.88 Å². The van der Waals surface area contributed by atoms with Gasteiger partial charge in [0.2, 0.25) is 0 Å². The van der Waals surface area contributed by atoms with Crippen LogP contribution in [0, 0.1) is 0 Å². The van der Waals surface area contributed by atoms with Gasteiger partial charge in [0.1, 0.15) is 0 Å². The Morgan fingerprint density at radius 3 is 2.44 bits per heavy atom. The molecular weight excluding hydrogens is 228 g/mol. The molecule has 0 saturated heterocycles. The van der Waals surface area contributed by atoms with E-state index >= 15 is 0 Å². The summed E-state index contributed by atoms with van der Waals surface area (Å²) in [5.41, 5.74) is 0.445. The fraction of sp³-hybridized carbons (Fsp3) is 0.571. The normalized spacial score (nSPS) is 17.2. The van der Waals surface area contributed by atoms with Gasteiger partial charge in [0.05, 0.1) is 5.69 Å². The minimum atomic E-state index is -0.469. The van der Waals surface area contributed by atoms with Crippen LogP contribution < -0.4 is 5.32 Å². The number of rotatable bonds is 3. The van der Waals surface area contributed by atoms with Crippen molar-refractivity contribution in [3.8, 4) is 0 Å². The molecule has 1 N–H and O–H groups in total. The van der Waals surface area contributed by atoms with E-state index < -0.39 is 11.7 Å². The Kier molecular flexibility index (Phi) is 4.18. The van der Waals surface area contributed by atoms with Crippen LogP contribution in [-0.4, -0.2) is 22.3 Å². The van der Waals surface area contributed by atoms with Crippen LogP contribution in [0.1, 0.15) is 49.0 Å². The molecule has 0 aliphatic heterocycles. The second-order valence-corrected chi connectivity index (χ2v) is 5.00. The fourth-order valence-electron chi connectivity index (χ4n) is 2.49. The van der Waals surface area contributed by atoms with Crippen LogP contribution in [0.5, 0.6) is 0 Å². The molecule has 0 bridgehead atoms. The van der Waals surface area contributed by atoms with E-state index in [0.29, 0.717) is 5.69 Å². The third kappa shape index (κ3) is 3.00. The minimum absolute atomic E-state index is 0.171. The van der Waals surface area contributed by atoms with Gasteiger partial charge in [-0.3, -0.25) is 9.59 Å². The molecule has 18 heavy (non-hydrogen) atoms. The number of ketones is 1. The van der Waals surface area contributed by atoms with Gasteiger partial charge in [-0.25, -0.2) is 0 Å². The van der Waals surface area contributed by atoms with Gasteiger partial charge in [-0.2, -0.15) is 0 Å². The molecule has 1 heterocycles. The summed E-state index contributed by atoms with van der Waals surface area (Å²) in [5, 5.41) is 2.87. The summed E-state index contributed by atoms with van der Waals surface area (Å²) in [7, 11) is 1.77. The van der Waals surface area contributed by atoms with Crippen LogP contribution in [0.25, 0.3) is 0 Å². The lowest BCUT2D eigenvalue weighted by atomic mass is 10.1. The second-order valence-electron chi connectivity index (χ2n) is 5.00. The lowest BCUT2D eigenvalue weighted by Gasteiger charge is -2.15. The largest absolute Gasteiger partial charge is 0.348 e. The third-order valence-electron chi connectivity index (χ3n) is 3.57. The molecular formula is C14H20N2O2. The number of carbonyl (C=O) groups is 2. The maximum absolute atomic E-state index is 12.0. The number of carbonyl (C=O) groups excluding carboxylic acids is 2. The van der Waals surface area contributed by atoms with E-state index in [1.54, 1.807) is 29.9 Å². The van der Waals surface area contributed by atoms with Crippen molar-refractivity contribution in [1.82, 2.24) is 9.88 Å². The van der Waals surface area contributed by atoms with E-state index in [9.17, 15) is 9.59 Å². The Morgan fingerprint density at radius 2 is 1.89 bits per heavy atom. The van der Waals surface area contributed by atoms with Gasteiger partial charge in [-0.05, 0) is 25.0 Å². The molecule has 0 spiro atoms. The molecule has 1 fully saturated rings. The number of aromatic nitrogens is 1. The molecule has 1 aliphatic rings. The van der Waals surface area contributed by atoms with Crippen LogP contribution in [0.4, 0.5) is 0 Å². The number of hydrogen-bond donors (Lipinski definition) is 1. The van der Waals surface area contributed by atoms with E-state index in [1.165, 1.54) is 12.8 Å². The fourth-order valence-corrected chi connectivity index (χ4v) is 2.49. The zero-order valence-electron chi connectivity index (χ0n) is 10.8. The Bertz CT molecular complexity index is 429. The van der Waals surface area contributed by atoms with Crippen LogP contribution in [0.2, 0.25) is 0 Å². The lowest BCUT2D eigenvalue weighted by molar-refractivity contribution is -0.117. The highest BCUT2D eigenvalue weighted by Gasteiger charge is 2.22. The van der Waals surface area contributed by atoms with Gasteiger partial charge >= 0.3 is 0 Å². The van der Waals surface area contributed by atoms with E-state index in [2.05, 4.69) is 5.32 Å². The summed E-state index contributed by atoms with van der Waals surface area (Å²) >= 11 is 0. The number of amides is 1. The average molecular weight is 248 g/mol. The van der Waals surface area contributed by atoms with Crippen molar-refractivity contribution in [2.45, 2.75) is 44.6 Å². The van der Waals surface area contributed by atoms with Crippen LogP contribution in [0.3, 0.4) is 0 Å². The van der Waals surface area contributed by atoms with Crippen molar-refractivity contribution in [3.05, 3.63) is 24.0 Å². The van der Waals surface area contributed by atoms with Crippen molar-refractivity contribution < 1.29 is 9.59 Å². The van der Waals surface area contributed by atoms with Crippen LogP contribution >= 0.6 is 0 Å². The van der Waals surface area contributed by atoms with Crippen molar-refractivity contribution in [1.29, 1.82) is 0 Å². The number of nitrogens with zero attached hydrogens (tertiary/aromatic N) is 1. The van der Waals surface area contributed by atoms with E-state index in [1.807, 2.05) is 0 Å². The first-order valence-corrected chi connectivity index (χ1v) is 6.65. The summed E-state index contributed by atoms with van der Waals surface area (Å²) in [6.07, 6.45) is 8.51. The first-order valence-electron chi connectivity index (χ1n) is 6.65. The van der Waals surface area contributed by atoms with Crippen molar-refractivity contribution in [2.24, 2.45) is 7.05 Å². The maximum Gasteiger partial charge on any atom is 0.294 e. The van der Waals surface area contributed by atoms with Gasteiger partial charge in [-0.15, -0.1) is 0 Å². The van der Waals surface area contributed by atoms with E-state index in [0.717, 1.165) is 25.7 Å². The smallest absolute Gasteiger partial charge is 0.294 e. The number of hydrogen-bond acceptors (Lipinski definition) is 2. The Labute approximate surface area is 107 Å². The van der Waals surface area contributed by atoms with Gasteiger partial charge in [0, 0.05) is 19.3 Å². The predicted molar refractivity (Wildman–Crippen MR) is 69.4 cm³/mol. The van der Waals surface area contributed by atoms with Crippen molar-refractivity contribution >= 4 is 11.7 Å². The summed E-state index contributed by atoms with van der Waals surface area (Å²) in [6, 6.07) is 3.62. The molecule has 1 amide bonds. The molecule has 0 unspecified atom stereocenters. The first kappa shape index (κ1) is 12.9. The zero-order chi connectivity index (χ0) is 13.0. The molecule has 0 atom stereocenters. The molecule has 2 rings (SSSR count). The quantitative estimate of drug-likeness (QED) is 0.505. The number of nitrogens with one attached hydrogen (secondary N) is 1. The average Bonchev–Trinajstić information content (AvgIpc) is 2.62. The van der Waals surface area contributed by atoms with Crippen molar-refractivity contribution in [2.75, 3.05) is 0 Å². The highest BCUT2D eigenvalue weighted by atomic mass is 16.2. The maximum atomic E-state index is 12.0. The second kappa shape index (κ2) is 5.85. The lowest BCUT2D eigenvalue weighted by Crippen LogP contribution is -2.39. The Morgan fingerprint density at radius 1 is 1.22 bits per heavy atom. The predicted octanol–water partition coefficient (Wildman–Crippen LogP) is 2.05. The molecule has 98 valence electrons. The summed E-state index contributed by atoms with van der Waals surface area (Å²) in [4.78, 5) is 23.9. The molecule has 1 aliphatic carbocycles. The summed E-state index contributed by atoms with van der Waals surface area (Å²) in [5.74, 6) is -0.907. The zero-order valence-corrected chi connectivity index (χ0v) is 10.8. The number of aryl methyl sites for hydroxylation is 1. The Hall–Kier alpha value is -1.58. The minimum Gasteiger partial charge on any atom is -0.348 e. The van der Waals surface area contributed by atoms with Gasteiger partial charge in [0.15, 0.2) is 0 Å². The highest BCUT2D eigenvalue weighted by Crippen LogP contribution is 2.17.